The van der Waals surface area contributed by atoms with Gasteiger partial charge in [-0.15, -0.1) is 0 Å². The number of hydrogen-bond acceptors (Lipinski definition) is 0. The molecule has 0 amide bonds. The van der Waals surface area contributed by atoms with Crippen LogP contribution in [0.4, 0.5) is 0 Å². The zero-order valence-corrected chi connectivity index (χ0v) is 12.6. The lowest BCUT2D eigenvalue weighted by Gasteiger charge is -2.26. The fraction of sp³-hybridized carbons (Fsp3) is 1.00. The molecule has 0 radical (unpaired) electrons. The van der Waals surface area contributed by atoms with Gasteiger partial charge in [-0.05, 0) is 30.6 Å². The molecule has 0 heteroatoms. The van der Waals surface area contributed by atoms with Crippen LogP contribution in [0.3, 0.4) is 0 Å². The minimum atomic E-state index is 0.654. The van der Waals surface area contributed by atoms with Gasteiger partial charge in [-0.3, -0.25) is 0 Å². The summed E-state index contributed by atoms with van der Waals surface area (Å²) in [5.74, 6) is 1.03. The van der Waals surface area contributed by atoms with E-state index in [1.54, 1.807) is 0 Å². The Morgan fingerprint density at radius 1 is 0.882 bits per heavy atom. The molecule has 1 unspecified atom stereocenters. The molecule has 0 aromatic carbocycles. The van der Waals surface area contributed by atoms with E-state index in [1.165, 1.54) is 77.0 Å². The van der Waals surface area contributed by atoms with Crippen molar-refractivity contribution >= 4 is 0 Å². The average Bonchev–Trinajstić information content (AvgIpc) is 2.62. The SMILES string of the molecule is CCCCCCCCCCC1CCCC1(C)C. The highest BCUT2D eigenvalue weighted by molar-refractivity contribution is 4.84. The molecular formula is C17H34. The molecule has 1 aliphatic rings. The van der Waals surface area contributed by atoms with Gasteiger partial charge >= 0.3 is 0 Å². The Morgan fingerprint density at radius 2 is 1.47 bits per heavy atom. The van der Waals surface area contributed by atoms with Gasteiger partial charge in [0.05, 0.1) is 0 Å². The van der Waals surface area contributed by atoms with Gasteiger partial charge in [0.15, 0.2) is 0 Å². The molecule has 1 atom stereocenters. The molecule has 0 aromatic rings. The zero-order valence-electron chi connectivity index (χ0n) is 12.6. The second-order valence-corrected chi connectivity index (χ2v) is 6.84. The lowest BCUT2D eigenvalue weighted by atomic mass is 9.79. The molecule has 1 rings (SSSR count). The number of rotatable bonds is 9. The summed E-state index contributed by atoms with van der Waals surface area (Å²) in [4.78, 5) is 0. The predicted octanol–water partition coefficient (Wildman–Crippen LogP) is 6.34. The molecule has 0 aromatic heterocycles. The fourth-order valence-corrected chi connectivity index (χ4v) is 3.46. The van der Waals surface area contributed by atoms with Crippen molar-refractivity contribution in [2.45, 2.75) is 97.8 Å². The minimum absolute atomic E-state index is 0.654. The summed E-state index contributed by atoms with van der Waals surface area (Å²) >= 11 is 0. The zero-order chi connectivity index (χ0) is 12.6. The van der Waals surface area contributed by atoms with Gasteiger partial charge in [0.1, 0.15) is 0 Å². The highest BCUT2D eigenvalue weighted by Crippen LogP contribution is 2.45. The van der Waals surface area contributed by atoms with Gasteiger partial charge in [-0.2, -0.15) is 0 Å². The van der Waals surface area contributed by atoms with E-state index in [0.29, 0.717) is 5.41 Å². The van der Waals surface area contributed by atoms with E-state index in [1.807, 2.05) is 0 Å². The van der Waals surface area contributed by atoms with Crippen LogP contribution in [0, 0.1) is 11.3 Å². The standard InChI is InChI=1S/C17H34/c1-4-5-6-7-8-9-10-11-13-16-14-12-15-17(16,2)3/h16H,4-15H2,1-3H3. The molecule has 0 spiro atoms. The third-order valence-electron chi connectivity index (χ3n) is 4.89. The molecule has 0 saturated heterocycles. The quantitative estimate of drug-likeness (QED) is 0.411. The van der Waals surface area contributed by atoms with Gasteiger partial charge in [0.25, 0.3) is 0 Å². The Balaban J connectivity index is 1.90. The van der Waals surface area contributed by atoms with Gasteiger partial charge in [-0.1, -0.05) is 78.6 Å². The Kier molecular flexibility index (Phi) is 7.23. The molecular weight excluding hydrogens is 204 g/mol. The van der Waals surface area contributed by atoms with Crippen molar-refractivity contribution in [3.8, 4) is 0 Å². The van der Waals surface area contributed by atoms with Gasteiger partial charge in [0.2, 0.25) is 0 Å². The molecule has 0 heterocycles. The molecule has 0 N–H and O–H groups in total. The summed E-state index contributed by atoms with van der Waals surface area (Å²) in [7, 11) is 0. The van der Waals surface area contributed by atoms with E-state index >= 15 is 0 Å². The van der Waals surface area contributed by atoms with Crippen molar-refractivity contribution in [3.63, 3.8) is 0 Å². The van der Waals surface area contributed by atoms with Crippen LogP contribution in [0.5, 0.6) is 0 Å². The molecule has 0 aliphatic heterocycles. The maximum Gasteiger partial charge on any atom is -0.0326 e. The summed E-state index contributed by atoms with van der Waals surface area (Å²) in [5, 5.41) is 0. The van der Waals surface area contributed by atoms with Crippen molar-refractivity contribution in [1.29, 1.82) is 0 Å². The van der Waals surface area contributed by atoms with E-state index in [0.717, 1.165) is 5.92 Å². The van der Waals surface area contributed by atoms with E-state index in [-0.39, 0.29) is 0 Å². The van der Waals surface area contributed by atoms with E-state index in [9.17, 15) is 0 Å². The Labute approximate surface area is 110 Å². The molecule has 1 fully saturated rings. The Morgan fingerprint density at radius 3 is 2.00 bits per heavy atom. The van der Waals surface area contributed by atoms with Crippen molar-refractivity contribution in [3.05, 3.63) is 0 Å². The lowest BCUT2D eigenvalue weighted by Crippen LogP contribution is -2.16. The van der Waals surface area contributed by atoms with Crippen LogP contribution in [0.25, 0.3) is 0 Å². The lowest BCUT2D eigenvalue weighted by molar-refractivity contribution is 0.239. The van der Waals surface area contributed by atoms with Crippen LogP contribution >= 0.6 is 0 Å². The fourth-order valence-electron chi connectivity index (χ4n) is 3.46. The van der Waals surface area contributed by atoms with Crippen molar-refractivity contribution in [1.82, 2.24) is 0 Å². The van der Waals surface area contributed by atoms with Gasteiger partial charge < -0.3 is 0 Å². The Bertz CT molecular complexity index is 180. The van der Waals surface area contributed by atoms with Crippen LogP contribution in [-0.4, -0.2) is 0 Å². The predicted molar refractivity (Wildman–Crippen MR) is 78.3 cm³/mol. The summed E-state index contributed by atoms with van der Waals surface area (Å²) in [6.07, 6.45) is 17.6. The summed E-state index contributed by atoms with van der Waals surface area (Å²) < 4.78 is 0. The number of hydrogen-bond donors (Lipinski definition) is 0. The van der Waals surface area contributed by atoms with Gasteiger partial charge in [-0.25, -0.2) is 0 Å². The highest BCUT2D eigenvalue weighted by atomic mass is 14.4. The maximum atomic E-state index is 2.48. The van der Waals surface area contributed by atoms with E-state index in [2.05, 4.69) is 20.8 Å². The third kappa shape index (κ3) is 5.93. The molecule has 102 valence electrons. The van der Waals surface area contributed by atoms with Crippen molar-refractivity contribution in [2.75, 3.05) is 0 Å². The monoisotopic (exact) mass is 238 g/mol. The summed E-state index contributed by atoms with van der Waals surface area (Å²) in [5.41, 5.74) is 0.654. The average molecular weight is 238 g/mol. The number of unbranched alkanes of at least 4 members (excludes halogenated alkanes) is 7. The molecule has 0 nitrogen and oxygen atoms in total. The van der Waals surface area contributed by atoms with Crippen LogP contribution in [-0.2, 0) is 0 Å². The van der Waals surface area contributed by atoms with E-state index < -0.39 is 0 Å². The van der Waals surface area contributed by atoms with Crippen LogP contribution < -0.4 is 0 Å². The highest BCUT2D eigenvalue weighted by Gasteiger charge is 2.33. The first kappa shape index (κ1) is 15.1. The van der Waals surface area contributed by atoms with Gasteiger partial charge in [0, 0.05) is 0 Å². The Hall–Kier alpha value is 0. The molecule has 1 aliphatic carbocycles. The molecule has 17 heavy (non-hydrogen) atoms. The first-order valence-corrected chi connectivity index (χ1v) is 8.17. The van der Waals surface area contributed by atoms with E-state index in [4.69, 9.17) is 0 Å². The summed E-state index contributed by atoms with van der Waals surface area (Å²) in [6, 6.07) is 0. The van der Waals surface area contributed by atoms with Crippen LogP contribution in [0.2, 0.25) is 0 Å². The van der Waals surface area contributed by atoms with Crippen molar-refractivity contribution < 1.29 is 0 Å². The smallest absolute Gasteiger partial charge is 0.0326 e. The third-order valence-corrected chi connectivity index (χ3v) is 4.89. The maximum absolute atomic E-state index is 2.48. The first-order chi connectivity index (χ1) is 8.17. The largest absolute Gasteiger partial charge is 0.0654 e. The second kappa shape index (κ2) is 8.16. The minimum Gasteiger partial charge on any atom is -0.0654 e. The van der Waals surface area contributed by atoms with Crippen LogP contribution in [0.15, 0.2) is 0 Å². The van der Waals surface area contributed by atoms with Crippen molar-refractivity contribution in [2.24, 2.45) is 11.3 Å². The second-order valence-electron chi connectivity index (χ2n) is 6.84. The molecule has 1 saturated carbocycles. The summed E-state index contributed by atoms with van der Waals surface area (Å²) in [6.45, 7) is 7.26. The molecule has 0 bridgehead atoms. The first-order valence-electron chi connectivity index (χ1n) is 8.17. The normalized spacial score (nSPS) is 23.1. The van der Waals surface area contributed by atoms with Crippen LogP contribution in [0.1, 0.15) is 97.8 Å². The topological polar surface area (TPSA) is 0 Å².